The lowest BCUT2D eigenvalue weighted by Crippen LogP contribution is -2.32. The van der Waals surface area contributed by atoms with Crippen LogP contribution in [0.4, 0.5) is 0 Å². The second-order valence-electron chi connectivity index (χ2n) is 3.12. The minimum Gasteiger partial charge on any atom is -0.498 e. The summed E-state index contributed by atoms with van der Waals surface area (Å²) in [6, 6.07) is 0. The molecule has 98 valence electrons. The molecule has 5 N–H and O–H groups in total. The molecule has 0 aromatic carbocycles. The van der Waals surface area contributed by atoms with Crippen molar-refractivity contribution in [2.45, 2.75) is 13.3 Å². The lowest BCUT2D eigenvalue weighted by molar-refractivity contribution is 0.00304. The van der Waals surface area contributed by atoms with Gasteiger partial charge in [-0.05, 0) is 6.42 Å². The van der Waals surface area contributed by atoms with Crippen LogP contribution in [0.15, 0.2) is 25.5 Å². The van der Waals surface area contributed by atoms with Gasteiger partial charge < -0.3 is 25.5 Å². The van der Waals surface area contributed by atoms with Gasteiger partial charge in [0.25, 0.3) is 0 Å². The van der Waals surface area contributed by atoms with Gasteiger partial charge in [0.1, 0.15) is 6.61 Å². The first kappa shape index (κ1) is 20.5. The summed E-state index contributed by atoms with van der Waals surface area (Å²) < 4.78 is 4.63. The normalized spacial score (nSPS) is 9.25. The quantitative estimate of drug-likeness (QED) is 0.325. The van der Waals surface area contributed by atoms with Crippen molar-refractivity contribution in [3.05, 3.63) is 25.5 Å². The van der Waals surface area contributed by atoms with Crippen LogP contribution in [0, 0.1) is 5.41 Å². The van der Waals surface area contributed by atoms with Gasteiger partial charge in [-0.3, -0.25) is 0 Å². The van der Waals surface area contributed by atoms with Crippen molar-refractivity contribution in [2.75, 3.05) is 26.4 Å². The van der Waals surface area contributed by atoms with E-state index >= 15 is 0 Å². The van der Waals surface area contributed by atoms with Crippen LogP contribution in [-0.4, -0.2) is 47.2 Å². The molecule has 0 radical (unpaired) electrons. The molecule has 0 atom stereocenters. The monoisotopic (exact) mass is 236 g/mol. The molecule has 5 nitrogen and oxygen atoms in total. The van der Waals surface area contributed by atoms with E-state index in [9.17, 15) is 0 Å². The zero-order valence-corrected chi connectivity index (χ0v) is 9.85. The van der Waals surface area contributed by atoms with E-state index in [1.165, 1.54) is 6.26 Å². The molecule has 0 heterocycles. The summed E-state index contributed by atoms with van der Waals surface area (Å²) in [5.74, 6) is 0. The molecule has 0 rings (SSSR count). The van der Waals surface area contributed by atoms with Gasteiger partial charge in [-0.25, -0.2) is 0 Å². The molecule has 0 aromatic heterocycles. The maximum atomic E-state index is 8.66. The Bertz CT molecular complexity index is 129. The molecule has 5 heteroatoms. The zero-order valence-electron chi connectivity index (χ0n) is 9.85. The lowest BCUT2D eigenvalue weighted by atomic mass is 9.88. The Hall–Kier alpha value is -0.880. The molecule has 0 aliphatic carbocycles. The molecule has 0 saturated carbocycles. The summed E-state index contributed by atoms with van der Waals surface area (Å²) in [4.78, 5) is 0. The number of aliphatic hydroxyl groups is 3. The third-order valence-corrected chi connectivity index (χ3v) is 2.09. The van der Waals surface area contributed by atoms with Crippen molar-refractivity contribution in [3.63, 3.8) is 0 Å². The van der Waals surface area contributed by atoms with Crippen molar-refractivity contribution >= 4 is 0 Å². The first-order chi connectivity index (χ1) is 7.16. The molecule has 0 aliphatic rings. The number of hydrogen-bond donors (Lipinski definition) is 3. The first-order valence-corrected chi connectivity index (χ1v) is 4.82. The smallest absolute Gasteiger partial charge is 0.105 e. The highest BCUT2D eigenvalue weighted by Gasteiger charge is 2.24. The van der Waals surface area contributed by atoms with E-state index < -0.39 is 5.41 Å². The maximum Gasteiger partial charge on any atom is 0.105 e. The predicted molar refractivity (Wildman–Crippen MR) is 63.9 cm³/mol. The molecule has 16 heavy (non-hydrogen) atoms. The van der Waals surface area contributed by atoms with Crippen LogP contribution in [0.2, 0.25) is 0 Å². The second kappa shape index (κ2) is 14.1. The van der Waals surface area contributed by atoms with Gasteiger partial charge >= 0.3 is 0 Å². The van der Waals surface area contributed by atoms with Crippen molar-refractivity contribution in [1.82, 2.24) is 0 Å². The second-order valence-corrected chi connectivity index (χ2v) is 3.12. The minimum absolute atomic E-state index is 0. The molecule has 0 spiro atoms. The highest BCUT2D eigenvalue weighted by atomic mass is 16.5. The van der Waals surface area contributed by atoms with E-state index in [4.69, 9.17) is 15.3 Å². The lowest BCUT2D eigenvalue weighted by Gasteiger charge is -2.24. The first-order valence-electron chi connectivity index (χ1n) is 4.82. The minimum atomic E-state index is -0.667. The molecule has 0 aliphatic heterocycles. The van der Waals surface area contributed by atoms with Crippen LogP contribution >= 0.6 is 0 Å². The van der Waals surface area contributed by atoms with Gasteiger partial charge in [0, 0.05) is 5.41 Å². The van der Waals surface area contributed by atoms with E-state index in [1.54, 1.807) is 6.08 Å². The van der Waals surface area contributed by atoms with Crippen molar-refractivity contribution in [2.24, 2.45) is 5.41 Å². The standard InChI is InChI=1S/C6H14O3.C5H8O.H2O/c1-2-6(3-7,4-8)5-9;1-3-5-6-4-2;/h7-9H,2-5H2,1H3;3-4H,1-2,5H2;1H2. The van der Waals surface area contributed by atoms with Crippen LogP contribution in [-0.2, 0) is 4.74 Å². The fraction of sp³-hybridized carbons (Fsp3) is 0.636. The summed E-state index contributed by atoms with van der Waals surface area (Å²) in [7, 11) is 0. The Balaban J connectivity index is -0.000000214. The summed E-state index contributed by atoms with van der Waals surface area (Å²) >= 11 is 0. The average Bonchev–Trinajstić information content (AvgIpc) is 2.31. The van der Waals surface area contributed by atoms with Crippen molar-refractivity contribution in [1.29, 1.82) is 0 Å². The van der Waals surface area contributed by atoms with Crippen LogP contribution in [0.25, 0.3) is 0 Å². The molecule has 0 fully saturated rings. The Morgan fingerprint density at radius 3 is 1.62 bits per heavy atom. The maximum absolute atomic E-state index is 8.66. The Morgan fingerprint density at radius 2 is 1.56 bits per heavy atom. The zero-order chi connectivity index (χ0) is 12.2. The predicted octanol–water partition coefficient (Wildman–Crippen LogP) is -0.133. The topological polar surface area (TPSA) is 101 Å². The molecule has 0 unspecified atom stereocenters. The summed E-state index contributed by atoms with van der Waals surface area (Å²) in [5.41, 5.74) is -0.667. The van der Waals surface area contributed by atoms with Gasteiger partial charge in [-0.15, -0.1) is 0 Å². The molecule has 0 saturated heterocycles. The number of hydrogen-bond acceptors (Lipinski definition) is 4. The van der Waals surface area contributed by atoms with Gasteiger partial charge in [0.2, 0.25) is 0 Å². The average molecular weight is 236 g/mol. The van der Waals surface area contributed by atoms with E-state index in [1.807, 2.05) is 6.92 Å². The fourth-order valence-electron chi connectivity index (χ4n) is 0.621. The van der Waals surface area contributed by atoms with Crippen LogP contribution in [0.5, 0.6) is 0 Å². The van der Waals surface area contributed by atoms with E-state index in [0.29, 0.717) is 13.0 Å². The summed E-state index contributed by atoms with van der Waals surface area (Å²) in [6.07, 6.45) is 3.65. The van der Waals surface area contributed by atoms with Gasteiger partial charge in [-0.1, -0.05) is 26.2 Å². The summed E-state index contributed by atoms with van der Waals surface area (Å²) in [5, 5.41) is 26.0. The largest absolute Gasteiger partial charge is 0.498 e. The number of rotatable bonds is 7. The van der Waals surface area contributed by atoms with E-state index in [-0.39, 0.29) is 25.3 Å². The van der Waals surface area contributed by atoms with Crippen molar-refractivity contribution < 1.29 is 25.5 Å². The third kappa shape index (κ3) is 9.67. The Morgan fingerprint density at radius 1 is 1.12 bits per heavy atom. The Labute approximate surface area is 97.0 Å². The van der Waals surface area contributed by atoms with Crippen LogP contribution in [0.3, 0.4) is 0 Å². The third-order valence-electron chi connectivity index (χ3n) is 2.09. The highest BCUT2D eigenvalue weighted by Crippen LogP contribution is 2.18. The fourth-order valence-corrected chi connectivity index (χ4v) is 0.621. The van der Waals surface area contributed by atoms with Crippen LogP contribution < -0.4 is 0 Å². The van der Waals surface area contributed by atoms with Gasteiger partial charge in [-0.2, -0.15) is 0 Å². The molecule has 0 aromatic rings. The summed E-state index contributed by atoms with van der Waals surface area (Å²) in [6.45, 7) is 8.67. The number of ether oxygens (including phenoxy) is 1. The Kier molecular flexibility index (Phi) is 18.1. The van der Waals surface area contributed by atoms with Crippen molar-refractivity contribution in [3.8, 4) is 0 Å². The van der Waals surface area contributed by atoms with E-state index in [0.717, 1.165) is 0 Å². The SMILES string of the molecule is C=CCOC=C.CCC(CO)(CO)CO.O. The van der Waals surface area contributed by atoms with E-state index in [2.05, 4.69) is 17.9 Å². The van der Waals surface area contributed by atoms with Crippen LogP contribution in [0.1, 0.15) is 13.3 Å². The molecule has 0 bridgehead atoms. The highest BCUT2D eigenvalue weighted by molar-refractivity contribution is 4.74. The van der Waals surface area contributed by atoms with Gasteiger partial charge in [0.05, 0.1) is 26.1 Å². The molecule has 0 amide bonds. The molecular weight excluding hydrogens is 212 g/mol. The van der Waals surface area contributed by atoms with Gasteiger partial charge in [0.15, 0.2) is 0 Å². The molecular formula is C11H24O5. The number of aliphatic hydroxyl groups excluding tert-OH is 3.